The zero-order valence-corrected chi connectivity index (χ0v) is 40.2. The fraction of sp³-hybridized carbons (Fsp3) is 0.604. The molecular weight excluding hydrogens is 873 g/mol. The summed E-state index contributed by atoms with van der Waals surface area (Å²) in [4.78, 5) is 23.0. The highest BCUT2D eigenvalue weighted by molar-refractivity contribution is 5.82. The van der Waals surface area contributed by atoms with Gasteiger partial charge in [-0.1, -0.05) is 62.0 Å². The van der Waals surface area contributed by atoms with Gasteiger partial charge in [0.15, 0.2) is 11.7 Å². The maximum Gasteiger partial charge on any atom is 0.330 e. The minimum Gasteiger partial charge on any atom is -0.458 e. The van der Waals surface area contributed by atoms with E-state index in [0.29, 0.717) is 75.1 Å². The lowest BCUT2D eigenvalue weighted by Crippen LogP contribution is -2.51. The molecule has 0 radical (unpaired) electrons. The molecule has 370 valence electrons. The van der Waals surface area contributed by atoms with E-state index < -0.39 is 54.5 Å². The standard InChI is InChI=1S/C53H70N2O13/c1-9-12-38(60-7)18-17-31(2)21-44(57)47-26-42(61-8)27-53(59,68-47)28-49-54-36(29-62-49)22-33(4)51-35(6)52-34(5)45(66-51)14-11-15-48-55-43(30-63-48)46-24-37(56)23-41(65-46)25-40-20-32(3)19-39(64-40)13-10-16-50(58)67-52/h1,10-11,15-18,21-22,29-30,34-35,37-42,44-47,51-52,56-57,59H,3,12-14,19-20,23-28H2,2,4-8H3/b15-11-,16-10-,18-17+,31-21+,33-22+/t34-,35-,37+,38+,39-,40+,41-,42+,44+,45+,46+,47+,51-,52-,53-/m0/s1. The highest BCUT2D eigenvalue weighted by Gasteiger charge is 2.45. The summed E-state index contributed by atoms with van der Waals surface area (Å²) in [5.74, 6) is 0.609. The molecule has 2 aromatic heterocycles. The van der Waals surface area contributed by atoms with E-state index >= 15 is 0 Å². The van der Waals surface area contributed by atoms with Crippen LogP contribution in [0.4, 0.5) is 0 Å². The number of carbonyl (C=O) groups is 1. The van der Waals surface area contributed by atoms with Crippen LogP contribution in [0.5, 0.6) is 0 Å². The quantitative estimate of drug-likeness (QED) is 0.0868. The molecule has 2 aromatic rings. The maximum absolute atomic E-state index is 13.5. The number of fused-ring (bicyclic) bond motifs is 9. The first-order valence-corrected chi connectivity index (χ1v) is 24.0. The Bertz CT molecular complexity index is 2220. The van der Waals surface area contributed by atoms with Gasteiger partial charge in [0.25, 0.3) is 0 Å². The van der Waals surface area contributed by atoms with Crippen molar-refractivity contribution in [2.45, 2.75) is 177 Å². The number of hydrogen-bond acceptors (Lipinski definition) is 15. The number of nitrogens with zero attached hydrogens (tertiary/aromatic N) is 2. The van der Waals surface area contributed by atoms with Crippen LogP contribution in [0.2, 0.25) is 0 Å². The Morgan fingerprint density at radius 2 is 1.79 bits per heavy atom. The first-order chi connectivity index (χ1) is 32.6. The van der Waals surface area contributed by atoms with Gasteiger partial charge in [-0.2, -0.15) is 0 Å². The monoisotopic (exact) mass is 942 g/mol. The van der Waals surface area contributed by atoms with E-state index in [1.165, 1.54) is 12.3 Å². The molecule has 5 aliphatic heterocycles. The number of esters is 1. The molecule has 4 fully saturated rings. The summed E-state index contributed by atoms with van der Waals surface area (Å²) in [5, 5.41) is 33.8. The Labute approximate surface area is 400 Å². The zero-order chi connectivity index (χ0) is 48.5. The second-order valence-electron chi connectivity index (χ2n) is 19.3. The lowest BCUT2D eigenvalue weighted by Gasteiger charge is -2.44. The third kappa shape index (κ3) is 13.6. The number of aromatic nitrogens is 2. The van der Waals surface area contributed by atoms with Gasteiger partial charge in [-0.25, -0.2) is 14.8 Å². The van der Waals surface area contributed by atoms with Crippen LogP contribution in [0.25, 0.3) is 12.2 Å². The van der Waals surface area contributed by atoms with E-state index in [2.05, 4.69) is 12.5 Å². The van der Waals surface area contributed by atoms with Gasteiger partial charge in [0, 0.05) is 64.2 Å². The van der Waals surface area contributed by atoms with Gasteiger partial charge in [0.2, 0.25) is 5.89 Å². The molecule has 0 amide bonds. The summed E-state index contributed by atoms with van der Waals surface area (Å²) >= 11 is 0. The summed E-state index contributed by atoms with van der Waals surface area (Å²) in [6.07, 6.45) is 22.3. The Balaban J connectivity index is 1.07. The van der Waals surface area contributed by atoms with Crippen molar-refractivity contribution in [2.75, 3.05) is 14.2 Å². The molecule has 8 bridgehead atoms. The molecule has 15 heteroatoms. The Kier molecular flexibility index (Phi) is 17.7. The van der Waals surface area contributed by atoms with Crippen LogP contribution in [-0.2, 0) is 44.4 Å². The second-order valence-corrected chi connectivity index (χ2v) is 19.3. The van der Waals surface area contributed by atoms with Crippen molar-refractivity contribution in [2.24, 2.45) is 11.8 Å². The van der Waals surface area contributed by atoms with Crippen molar-refractivity contribution in [3.05, 3.63) is 95.4 Å². The predicted octanol–water partition coefficient (Wildman–Crippen LogP) is 7.48. The molecular formula is C53H70N2O13. The smallest absolute Gasteiger partial charge is 0.330 e. The molecule has 15 atom stereocenters. The Hall–Kier alpha value is -4.47. The van der Waals surface area contributed by atoms with Crippen molar-refractivity contribution in [1.82, 2.24) is 9.97 Å². The number of aliphatic hydroxyl groups is 3. The number of aliphatic hydroxyl groups excluding tert-OH is 2. The SMILES string of the molecule is C#CC[C@H](/C=C/C(C)=C/[C@@H](O)[C@H]1C[C@@H](OC)C[C@@](O)(Cc2nc(/C=C(\C)[C@@H]3O[C@@H]4C/C=C\c5nc(co5)[C@H]5C[C@H](O)C[C@@H](C[C@H]6CC(=C)C[C@H](C/C=C\C(=O)O[C@@H]([C@H]4C)[C@H]3C)O6)O5)co2)O1)OC. The van der Waals surface area contributed by atoms with Crippen molar-refractivity contribution < 1.29 is 62.1 Å². The first kappa shape index (κ1) is 51.4. The molecule has 0 spiro atoms. The van der Waals surface area contributed by atoms with Crippen molar-refractivity contribution in [3.8, 4) is 12.3 Å². The molecule has 4 saturated heterocycles. The maximum atomic E-state index is 13.5. The summed E-state index contributed by atoms with van der Waals surface area (Å²) in [5.41, 5.74) is 3.81. The van der Waals surface area contributed by atoms with Crippen LogP contribution in [0.3, 0.4) is 0 Å². The number of methoxy groups -OCH3 is 2. The lowest BCUT2D eigenvalue weighted by atomic mass is 9.79. The van der Waals surface area contributed by atoms with Gasteiger partial charge in [0.05, 0.1) is 67.5 Å². The van der Waals surface area contributed by atoms with Crippen LogP contribution < -0.4 is 0 Å². The number of rotatable bonds is 11. The number of carbonyl (C=O) groups excluding carboxylic acids is 1. The number of ether oxygens (including phenoxy) is 7. The number of allylic oxidation sites excluding steroid dienone is 2. The van der Waals surface area contributed by atoms with Gasteiger partial charge >= 0.3 is 5.97 Å². The molecule has 0 aliphatic carbocycles. The molecule has 7 rings (SSSR count). The highest BCUT2D eigenvalue weighted by atomic mass is 16.6. The average molecular weight is 943 g/mol. The van der Waals surface area contributed by atoms with E-state index in [-0.39, 0.29) is 61.1 Å². The van der Waals surface area contributed by atoms with Crippen LogP contribution >= 0.6 is 0 Å². The normalized spacial score (nSPS) is 36.2. The molecule has 7 heterocycles. The van der Waals surface area contributed by atoms with Crippen LogP contribution in [0.15, 0.2) is 81.1 Å². The predicted molar refractivity (Wildman–Crippen MR) is 252 cm³/mol. The molecule has 15 nitrogen and oxygen atoms in total. The first-order valence-electron chi connectivity index (χ1n) is 24.0. The second kappa shape index (κ2) is 23.4. The van der Waals surface area contributed by atoms with Gasteiger partial charge in [-0.3, -0.25) is 0 Å². The molecule has 0 saturated carbocycles. The Morgan fingerprint density at radius 1 is 1.00 bits per heavy atom. The fourth-order valence-corrected chi connectivity index (χ4v) is 10.3. The van der Waals surface area contributed by atoms with Crippen molar-refractivity contribution in [3.63, 3.8) is 0 Å². The molecule has 0 unspecified atom stereocenters. The molecule has 0 aromatic carbocycles. The number of hydrogen-bond donors (Lipinski definition) is 3. The minimum absolute atomic E-state index is 0.0919. The van der Waals surface area contributed by atoms with E-state index in [0.717, 1.165) is 16.7 Å². The molecule has 3 N–H and O–H groups in total. The lowest BCUT2D eigenvalue weighted by molar-refractivity contribution is -0.286. The van der Waals surface area contributed by atoms with Crippen molar-refractivity contribution >= 4 is 18.1 Å². The van der Waals surface area contributed by atoms with Crippen LogP contribution in [0.1, 0.15) is 121 Å². The van der Waals surface area contributed by atoms with Gasteiger partial charge in [-0.05, 0) is 63.7 Å². The summed E-state index contributed by atoms with van der Waals surface area (Å²) < 4.78 is 55.0. The van der Waals surface area contributed by atoms with E-state index in [4.69, 9.17) is 58.4 Å². The third-order valence-electron chi connectivity index (χ3n) is 13.7. The fourth-order valence-electron chi connectivity index (χ4n) is 10.3. The third-order valence-corrected chi connectivity index (χ3v) is 13.7. The summed E-state index contributed by atoms with van der Waals surface area (Å²) in [7, 11) is 3.15. The van der Waals surface area contributed by atoms with Gasteiger partial charge in [0.1, 0.15) is 36.1 Å². The molecule has 68 heavy (non-hydrogen) atoms. The number of terminal acetylenes is 1. The van der Waals surface area contributed by atoms with Gasteiger partial charge < -0.3 is 57.3 Å². The zero-order valence-electron chi connectivity index (χ0n) is 40.2. The minimum atomic E-state index is -1.74. The highest BCUT2D eigenvalue weighted by Crippen LogP contribution is 2.40. The van der Waals surface area contributed by atoms with Crippen LogP contribution in [0, 0.1) is 24.2 Å². The van der Waals surface area contributed by atoms with E-state index in [9.17, 15) is 20.1 Å². The van der Waals surface area contributed by atoms with Crippen molar-refractivity contribution in [1.29, 1.82) is 0 Å². The number of oxazole rings is 2. The average Bonchev–Trinajstić information content (AvgIpc) is 3.95. The molecule has 5 aliphatic rings. The van der Waals surface area contributed by atoms with E-state index in [1.807, 2.05) is 58.1 Å². The summed E-state index contributed by atoms with van der Waals surface area (Å²) in [6, 6.07) is 0. The largest absolute Gasteiger partial charge is 0.458 e. The summed E-state index contributed by atoms with van der Waals surface area (Å²) in [6.45, 7) is 12.1. The van der Waals surface area contributed by atoms with E-state index in [1.54, 1.807) is 32.6 Å². The van der Waals surface area contributed by atoms with Crippen LogP contribution in [-0.4, -0.2) is 118 Å². The topological polar surface area (TPSA) is 194 Å². The Morgan fingerprint density at radius 3 is 2.57 bits per heavy atom. The van der Waals surface area contributed by atoms with Gasteiger partial charge in [-0.15, -0.1) is 12.3 Å².